The number of hydrogen-bond donors (Lipinski definition) is 0. The van der Waals surface area contributed by atoms with Gasteiger partial charge in [0.15, 0.2) is 0 Å². The monoisotopic (exact) mass is 366 g/mol. The number of carbonyl (C=O) groups is 1. The van der Waals surface area contributed by atoms with Gasteiger partial charge in [-0.1, -0.05) is 0 Å². The van der Waals surface area contributed by atoms with E-state index in [1.54, 1.807) is 6.08 Å². The van der Waals surface area contributed by atoms with Crippen molar-refractivity contribution >= 4 is 26.6 Å². The summed E-state index contributed by atoms with van der Waals surface area (Å²) in [6, 6.07) is 0. The molecule has 114 valence electrons. The van der Waals surface area contributed by atoms with Gasteiger partial charge in [0.1, 0.15) is 0 Å². The SMILES string of the molecule is CC1=CC(=O)C([Se]P2(=O)OCC(C)(C)CO2)C(C)(C)C1. The van der Waals surface area contributed by atoms with E-state index in [0.29, 0.717) is 13.2 Å². The van der Waals surface area contributed by atoms with Crippen LogP contribution < -0.4 is 0 Å². The van der Waals surface area contributed by atoms with E-state index in [0.717, 1.165) is 12.0 Å². The van der Waals surface area contributed by atoms with Gasteiger partial charge in [-0.15, -0.1) is 0 Å². The van der Waals surface area contributed by atoms with E-state index in [1.165, 1.54) is 0 Å². The Morgan fingerprint density at radius 3 is 2.30 bits per heavy atom. The molecule has 1 aliphatic carbocycles. The summed E-state index contributed by atoms with van der Waals surface area (Å²) >= 11 is -0.471. The molecular formula is C14H23O4PSe. The van der Waals surface area contributed by atoms with Gasteiger partial charge < -0.3 is 0 Å². The van der Waals surface area contributed by atoms with E-state index in [1.807, 2.05) is 20.8 Å². The molecule has 2 aliphatic rings. The molecule has 0 amide bonds. The van der Waals surface area contributed by atoms with E-state index in [2.05, 4.69) is 13.8 Å². The summed E-state index contributed by atoms with van der Waals surface area (Å²) in [6.45, 7) is 11.0. The summed E-state index contributed by atoms with van der Waals surface area (Å²) in [6.07, 6.45) is -0.537. The minimum atomic E-state index is -3.09. The van der Waals surface area contributed by atoms with Crippen molar-refractivity contribution in [1.82, 2.24) is 0 Å². The van der Waals surface area contributed by atoms with Crippen molar-refractivity contribution < 1.29 is 18.4 Å². The second kappa shape index (κ2) is 5.37. The summed E-state index contributed by atoms with van der Waals surface area (Å²) < 4.78 is 23.8. The minimum absolute atomic E-state index is 0.0750. The quantitative estimate of drug-likeness (QED) is 0.554. The van der Waals surface area contributed by atoms with Gasteiger partial charge in [0.05, 0.1) is 0 Å². The predicted molar refractivity (Wildman–Crippen MR) is 80.0 cm³/mol. The van der Waals surface area contributed by atoms with Crippen LogP contribution >= 0.6 is 6.29 Å². The van der Waals surface area contributed by atoms with Crippen LogP contribution in [0.25, 0.3) is 0 Å². The van der Waals surface area contributed by atoms with Crippen molar-refractivity contribution in [3.63, 3.8) is 0 Å². The topological polar surface area (TPSA) is 52.6 Å². The van der Waals surface area contributed by atoms with Crippen LogP contribution in [0.3, 0.4) is 0 Å². The zero-order chi connectivity index (χ0) is 15.2. The first-order valence-corrected chi connectivity index (χ1v) is 11.6. The maximum atomic E-state index is 12.7. The molecular weight excluding hydrogens is 342 g/mol. The molecule has 6 heteroatoms. The predicted octanol–water partition coefficient (Wildman–Crippen LogP) is 3.61. The van der Waals surface area contributed by atoms with Crippen molar-refractivity contribution in [3.05, 3.63) is 11.6 Å². The van der Waals surface area contributed by atoms with Crippen LogP contribution in [0.5, 0.6) is 0 Å². The molecule has 4 nitrogen and oxygen atoms in total. The maximum absolute atomic E-state index is 12.7. The average molecular weight is 365 g/mol. The van der Waals surface area contributed by atoms with Gasteiger partial charge in [-0.2, -0.15) is 0 Å². The Kier molecular flexibility index (Phi) is 4.42. The van der Waals surface area contributed by atoms with Crippen LogP contribution in [0, 0.1) is 10.8 Å². The van der Waals surface area contributed by atoms with E-state index in [4.69, 9.17) is 9.05 Å². The van der Waals surface area contributed by atoms with Crippen molar-refractivity contribution in [2.75, 3.05) is 13.2 Å². The Hall–Kier alpha value is 0.0795. The Morgan fingerprint density at radius 2 is 1.80 bits per heavy atom. The molecule has 1 unspecified atom stereocenters. The van der Waals surface area contributed by atoms with Crippen LogP contribution in [-0.2, 0) is 18.4 Å². The molecule has 0 spiro atoms. The average Bonchev–Trinajstić information content (AvgIpc) is 2.28. The molecule has 1 fully saturated rings. The van der Waals surface area contributed by atoms with E-state index >= 15 is 0 Å². The molecule has 0 bridgehead atoms. The molecule has 1 aliphatic heterocycles. The third kappa shape index (κ3) is 3.64. The molecule has 1 saturated heterocycles. The van der Waals surface area contributed by atoms with Crippen LogP contribution in [-0.4, -0.2) is 33.5 Å². The van der Waals surface area contributed by atoms with Crippen LogP contribution in [0.4, 0.5) is 0 Å². The summed E-state index contributed by atoms with van der Waals surface area (Å²) in [7, 11) is 0. The second-order valence-electron chi connectivity index (χ2n) is 7.20. The molecule has 0 aromatic carbocycles. The van der Waals surface area contributed by atoms with Crippen LogP contribution in [0.1, 0.15) is 41.0 Å². The molecule has 0 radical (unpaired) electrons. The molecule has 0 saturated carbocycles. The zero-order valence-corrected chi connectivity index (χ0v) is 15.4. The first-order valence-electron chi connectivity index (χ1n) is 6.82. The van der Waals surface area contributed by atoms with Gasteiger partial charge in [0.2, 0.25) is 0 Å². The fraction of sp³-hybridized carbons (Fsp3) is 0.786. The van der Waals surface area contributed by atoms with Gasteiger partial charge in [-0.05, 0) is 0 Å². The Balaban J connectivity index is 2.13. The number of rotatable bonds is 2. The standard InChI is InChI=1S/C14H23O4PSe/c1-10-6-11(15)12(14(4,5)7-10)20-19(16)17-8-13(2,3)9-18-19/h6,12H,7-9H2,1-5H3. The number of allylic oxidation sites excluding steroid dienone is 2. The third-order valence-corrected chi connectivity index (χ3v) is 11.0. The van der Waals surface area contributed by atoms with Gasteiger partial charge in [0.25, 0.3) is 0 Å². The normalized spacial score (nSPS) is 31.8. The number of carbonyl (C=O) groups excluding carboxylic acids is 1. The van der Waals surface area contributed by atoms with Gasteiger partial charge in [-0.3, -0.25) is 0 Å². The summed E-state index contributed by atoms with van der Waals surface area (Å²) in [4.78, 5) is 12.0. The molecule has 1 heterocycles. The first kappa shape index (κ1) is 16.4. The number of hydrogen-bond acceptors (Lipinski definition) is 4. The van der Waals surface area contributed by atoms with Crippen molar-refractivity contribution in [2.24, 2.45) is 10.8 Å². The fourth-order valence-corrected chi connectivity index (χ4v) is 10.2. The van der Waals surface area contributed by atoms with Crippen LogP contribution in [0.15, 0.2) is 11.6 Å². The third-order valence-electron chi connectivity index (χ3n) is 3.55. The first-order chi connectivity index (χ1) is 9.03. The zero-order valence-electron chi connectivity index (χ0n) is 12.8. The Bertz CT molecular complexity index is 481. The van der Waals surface area contributed by atoms with Crippen molar-refractivity contribution in [2.45, 2.75) is 45.9 Å². The molecule has 0 aromatic rings. The molecule has 1 atom stereocenters. The Morgan fingerprint density at radius 1 is 1.25 bits per heavy atom. The van der Waals surface area contributed by atoms with Crippen molar-refractivity contribution in [3.8, 4) is 0 Å². The van der Waals surface area contributed by atoms with Gasteiger partial charge in [-0.25, -0.2) is 0 Å². The van der Waals surface area contributed by atoms with E-state index in [-0.39, 0.29) is 21.4 Å². The molecule has 0 aromatic heterocycles. The molecule has 0 N–H and O–H groups in total. The van der Waals surface area contributed by atoms with E-state index < -0.39 is 20.8 Å². The fourth-order valence-electron chi connectivity index (χ4n) is 2.54. The van der Waals surface area contributed by atoms with Gasteiger partial charge >= 0.3 is 127 Å². The molecule has 2 rings (SSSR count). The molecule has 20 heavy (non-hydrogen) atoms. The van der Waals surface area contributed by atoms with Crippen molar-refractivity contribution in [1.29, 1.82) is 0 Å². The Labute approximate surface area is 127 Å². The number of ketones is 1. The second-order valence-corrected chi connectivity index (χ2v) is 14.0. The summed E-state index contributed by atoms with van der Waals surface area (Å²) in [5, 5.41) is 0. The van der Waals surface area contributed by atoms with E-state index in [9.17, 15) is 9.36 Å². The summed E-state index contributed by atoms with van der Waals surface area (Å²) in [5.41, 5.74) is 0.816. The summed E-state index contributed by atoms with van der Waals surface area (Å²) in [5.74, 6) is 0.0750. The van der Waals surface area contributed by atoms with Gasteiger partial charge in [0, 0.05) is 0 Å². The van der Waals surface area contributed by atoms with Crippen LogP contribution in [0.2, 0.25) is 4.82 Å².